The molecule has 0 aromatic heterocycles. The average Bonchev–Trinajstić information content (AvgIpc) is 2.95. The molecule has 0 saturated heterocycles. The van der Waals surface area contributed by atoms with E-state index in [1.165, 1.54) is 12.1 Å². The van der Waals surface area contributed by atoms with Crippen LogP contribution in [0.1, 0.15) is 5.56 Å². The van der Waals surface area contributed by atoms with Gasteiger partial charge in [0.05, 0.1) is 90.8 Å². The molecule has 0 bridgehead atoms. The van der Waals surface area contributed by atoms with Crippen LogP contribution in [0.4, 0.5) is 0 Å². The van der Waals surface area contributed by atoms with Crippen LogP contribution in [0, 0.1) is 6.92 Å². The Morgan fingerprint density at radius 2 is 1.00 bits per heavy atom. The van der Waals surface area contributed by atoms with Gasteiger partial charge in [-0.15, -0.1) is 0 Å². The lowest BCUT2D eigenvalue weighted by atomic mass is 10.2. The smallest absolute Gasteiger partial charge is 0.299 e. The Balaban J connectivity index is 3.02. The SMILES string of the molecule is COCCOCC(COCCOC)OCC(OC(COCCOC)COCCOC)OS(=O)(=O)c1ccc(C)cc1. The van der Waals surface area contributed by atoms with E-state index in [0.717, 1.165) is 5.56 Å². The van der Waals surface area contributed by atoms with Crippen LogP contribution in [0.15, 0.2) is 29.2 Å². The van der Waals surface area contributed by atoms with Gasteiger partial charge in [0.15, 0.2) is 6.29 Å². The van der Waals surface area contributed by atoms with Crippen molar-refractivity contribution in [3.8, 4) is 0 Å². The van der Waals surface area contributed by atoms with E-state index in [1.54, 1.807) is 40.6 Å². The van der Waals surface area contributed by atoms with Crippen molar-refractivity contribution in [3.05, 3.63) is 29.8 Å². The molecule has 1 rings (SSSR count). The highest BCUT2D eigenvalue weighted by molar-refractivity contribution is 7.86. The Kier molecular flexibility index (Phi) is 22.3. The summed E-state index contributed by atoms with van der Waals surface area (Å²) in [5, 5.41) is 0. The molecule has 0 radical (unpaired) electrons. The molecule has 1 aromatic carbocycles. The van der Waals surface area contributed by atoms with Crippen LogP contribution in [-0.4, -0.2) is 141 Å². The van der Waals surface area contributed by atoms with E-state index >= 15 is 0 Å². The van der Waals surface area contributed by atoms with Crippen LogP contribution in [0.2, 0.25) is 0 Å². The topological polar surface area (TPSA) is 136 Å². The second-order valence-electron chi connectivity index (χ2n) is 8.78. The summed E-state index contributed by atoms with van der Waals surface area (Å²) >= 11 is 0. The third kappa shape index (κ3) is 18.8. The lowest BCUT2D eigenvalue weighted by Crippen LogP contribution is -2.38. The first-order chi connectivity index (χ1) is 19.9. The van der Waals surface area contributed by atoms with Crippen molar-refractivity contribution < 1.29 is 60.0 Å². The van der Waals surface area contributed by atoms with Gasteiger partial charge in [-0.1, -0.05) is 17.7 Å². The van der Waals surface area contributed by atoms with Gasteiger partial charge in [-0.05, 0) is 19.1 Å². The Morgan fingerprint density at radius 3 is 1.41 bits per heavy atom. The van der Waals surface area contributed by atoms with Crippen LogP contribution < -0.4 is 0 Å². The molecular weight excluding hydrogens is 564 g/mol. The quantitative estimate of drug-likeness (QED) is 0.0768. The Hall–Kier alpha value is -1.27. The molecule has 0 spiro atoms. The summed E-state index contributed by atoms with van der Waals surface area (Å²) in [7, 11) is 2.09. The Morgan fingerprint density at radius 1 is 0.585 bits per heavy atom. The van der Waals surface area contributed by atoms with E-state index in [-0.39, 0.29) is 37.9 Å². The normalized spacial score (nSPS) is 13.0. The fourth-order valence-corrected chi connectivity index (χ4v) is 4.08. The highest BCUT2D eigenvalue weighted by atomic mass is 32.2. The van der Waals surface area contributed by atoms with Gasteiger partial charge in [0.1, 0.15) is 12.2 Å². The molecule has 240 valence electrons. The number of benzene rings is 1. The average molecular weight is 613 g/mol. The van der Waals surface area contributed by atoms with E-state index in [9.17, 15) is 8.42 Å². The monoisotopic (exact) mass is 612 g/mol. The van der Waals surface area contributed by atoms with Crippen molar-refractivity contribution in [2.75, 3.05) is 114 Å². The summed E-state index contributed by atoms with van der Waals surface area (Å²) in [6.45, 7) is 5.11. The zero-order chi connectivity index (χ0) is 30.2. The molecule has 1 unspecified atom stereocenters. The van der Waals surface area contributed by atoms with E-state index in [2.05, 4.69) is 0 Å². The molecule has 0 heterocycles. The summed E-state index contributed by atoms with van der Waals surface area (Å²) in [6.07, 6.45) is -2.56. The number of hydrogen-bond acceptors (Lipinski definition) is 13. The maximum absolute atomic E-state index is 13.1. The molecule has 0 aliphatic heterocycles. The molecule has 41 heavy (non-hydrogen) atoms. The first-order valence-corrected chi connectivity index (χ1v) is 14.8. The van der Waals surface area contributed by atoms with Crippen molar-refractivity contribution in [1.82, 2.24) is 0 Å². The van der Waals surface area contributed by atoms with Gasteiger partial charge in [-0.2, -0.15) is 8.42 Å². The van der Waals surface area contributed by atoms with Crippen LogP contribution in [-0.2, 0) is 61.7 Å². The minimum atomic E-state index is -4.20. The van der Waals surface area contributed by atoms with E-state index in [4.69, 9.17) is 51.6 Å². The molecule has 1 atom stereocenters. The molecule has 0 N–H and O–H groups in total. The fraction of sp³-hybridized carbons (Fsp3) is 0.778. The molecule has 0 saturated carbocycles. The Bertz CT molecular complexity index is 814. The standard InChI is InChI=1S/C27H48O13S/c1-23-6-8-26(9-7-23)41(28,29)40-27(39-25(20-36-16-12-32-4)21-37-17-13-33-5)22-38-24(18-34-14-10-30-2)19-35-15-11-31-3/h6-9,24-25,27H,10-22H2,1-5H3. The zero-order valence-electron chi connectivity index (χ0n) is 24.9. The Labute approximate surface area is 244 Å². The van der Waals surface area contributed by atoms with Gasteiger partial charge in [-0.25, -0.2) is 4.18 Å². The summed E-state index contributed by atoms with van der Waals surface area (Å²) in [4.78, 5) is -0.0108. The maximum atomic E-state index is 13.1. The van der Waals surface area contributed by atoms with Crippen molar-refractivity contribution in [1.29, 1.82) is 0 Å². The van der Waals surface area contributed by atoms with Crippen LogP contribution in [0.3, 0.4) is 0 Å². The minimum Gasteiger partial charge on any atom is -0.382 e. The van der Waals surface area contributed by atoms with Crippen LogP contribution in [0.5, 0.6) is 0 Å². The molecule has 14 heteroatoms. The second-order valence-corrected chi connectivity index (χ2v) is 10.3. The largest absolute Gasteiger partial charge is 0.382 e. The van der Waals surface area contributed by atoms with Gasteiger partial charge in [0.2, 0.25) is 0 Å². The third-order valence-electron chi connectivity index (χ3n) is 5.30. The fourth-order valence-electron chi connectivity index (χ4n) is 3.12. The first-order valence-electron chi connectivity index (χ1n) is 13.4. The molecule has 0 aliphatic carbocycles. The number of ether oxygens (including phenoxy) is 10. The number of aryl methyl sites for hydroxylation is 1. The molecule has 0 aliphatic rings. The predicted molar refractivity (Wildman–Crippen MR) is 149 cm³/mol. The van der Waals surface area contributed by atoms with Gasteiger partial charge in [0, 0.05) is 28.4 Å². The molecule has 1 aromatic rings. The van der Waals surface area contributed by atoms with Crippen molar-refractivity contribution >= 4 is 10.1 Å². The van der Waals surface area contributed by atoms with Crippen molar-refractivity contribution in [3.63, 3.8) is 0 Å². The number of hydrogen-bond donors (Lipinski definition) is 0. The molecule has 0 amide bonds. The molecule has 13 nitrogen and oxygen atoms in total. The minimum absolute atomic E-state index is 0.0108. The molecular formula is C27H48O13S. The van der Waals surface area contributed by atoms with Crippen LogP contribution in [0.25, 0.3) is 0 Å². The van der Waals surface area contributed by atoms with E-state index < -0.39 is 28.6 Å². The van der Waals surface area contributed by atoms with Crippen molar-refractivity contribution in [2.24, 2.45) is 0 Å². The molecule has 0 fully saturated rings. The zero-order valence-corrected chi connectivity index (χ0v) is 25.8. The number of rotatable bonds is 28. The summed E-state index contributed by atoms with van der Waals surface area (Å²) in [5.41, 5.74) is 0.909. The summed E-state index contributed by atoms with van der Waals surface area (Å²) in [6, 6.07) is 6.31. The van der Waals surface area contributed by atoms with Crippen LogP contribution >= 0.6 is 0 Å². The second kappa shape index (κ2) is 24.2. The number of methoxy groups -OCH3 is 4. The summed E-state index contributed by atoms with van der Waals surface area (Å²) < 4.78 is 86.4. The lowest BCUT2D eigenvalue weighted by Gasteiger charge is -2.26. The van der Waals surface area contributed by atoms with Gasteiger partial charge in [0.25, 0.3) is 10.1 Å². The maximum Gasteiger partial charge on any atom is 0.299 e. The van der Waals surface area contributed by atoms with Crippen molar-refractivity contribution in [2.45, 2.75) is 30.3 Å². The lowest BCUT2D eigenvalue weighted by molar-refractivity contribution is -0.191. The van der Waals surface area contributed by atoms with E-state index in [0.29, 0.717) is 52.9 Å². The van der Waals surface area contributed by atoms with Gasteiger partial charge < -0.3 is 47.4 Å². The van der Waals surface area contributed by atoms with E-state index in [1.807, 2.05) is 6.92 Å². The third-order valence-corrected chi connectivity index (χ3v) is 6.62. The van der Waals surface area contributed by atoms with Gasteiger partial charge in [-0.3, -0.25) is 0 Å². The first kappa shape index (κ1) is 37.8. The van der Waals surface area contributed by atoms with Gasteiger partial charge >= 0.3 is 0 Å². The predicted octanol–water partition coefficient (Wildman–Crippen LogP) is 1.45. The summed E-state index contributed by atoms with van der Waals surface area (Å²) in [5.74, 6) is 0. The highest BCUT2D eigenvalue weighted by Gasteiger charge is 2.27. The highest BCUT2D eigenvalue weighted by Crippen LogP contribution is 2.18.